The lowest BCUT2D eigenvalue weighted by Gasteiger charge is -2.23. The summed E-state index contributed by atoms with van der Waals surface area (Å²) in [5.74, 6) is -1.14. The van der Waals surface area contributed by atoms with E-state index < -0.39 is 51.6 Å². The summed E-state index contributed by atoms with van der Waals surface area (Å²) in [4.78, 5) is 12.5. The number of aryl methyl sites for hydroxylation is 1. The summed E-state index contributed by atoms with van der Waals surface area (Å²) in [5, 5.41) is 2.22. The Morgan fingerprint density at radius 2 is 1.43 bits per heavy atom. The van der Waals surface area contributed by atoms with Gasteiger partial charge in [-0.25, -0.2) is 8.42 Å². The number of sulfonamides is 1. The van der Waals surface area contributed by atoms with Crippen molar-refractivity contribution in [3.05, 3.63) is 94.0 Å². The molecule has 0 aliphatic carbocycles. The molecule has 1 amide bonds. The average molecular weight is 565 g/mol. The van der Waals surface area contributed by atoms with Gasteiger partial charge in [-0.15, -0.1) is 0 Å². The van der Waals surface area contributed by atoms with Crippen molar-refractivity contribution in [2.24, 2.45) is 0 Å². The highest BCUT2D eigenvalue weighted by molar-refractivity contribution is 7.89. The van der Waals surface area contributed by atoms with E-state index in [0.717, 1.165) is 4.31 Å². The summed E-state index contributed by atoms with van der Waals surface area (Å²) in [6.07, 6.45) is -10.2. The van der Waals surface area contributed by atoms with Crippen LogP contribution in [0.2, 0.25) is 5.02 Å². The molecule has 3 rings (SSSR count). The van der Waals surface area contributed by atoms with Crippen LogP contribution in [0.25, 0.3) is 0 Å². The van der Waals surface area contributed by atoms with Crippen molar-refractivity contribution in [2.45, 2.75) is 30.7 Å². The second kappa shape index (κ2) is 10.7. The second-order valence-electron chi connectivity index (χ2n) is 8.00. The van der Waals surface area contributed by atoms with Crippen LogP contribution in [0.5, 0.6) is 0 Å². The molecule has 0 unspecified atom stereocenters. The molecule has 13 heteroatoms. The monoisotopic (exact) mass is 564 g/mol. The lowest BCUT2D eigenvalue weighted by molar-refractivity contribution is -0.143. The maximum Gasteiger partial charge on any atom is 0.416 e. The highest BCUT2D eigenvalue weighted by atomic mass is 35.5. The number of alkyl halides is 6. The number of carbonyl (C=O) groups excluding carboxylic acids is 1. The SMILES string of the molecule is Cc1ccccc1CN(CC(=O)Nc1cc(C(F)(F)F)cc(C(F)(F)F)c1)S(=O)(=O)c1ccc(Cl)cc1. The molecule has 3 aromatic rings. The number of nitrogens with zero attached hydrogens (tertiary/aromatic N) is 1. The fourth-order valence-corrected chi connectivity index (χ4v) is 4.85. The lowest BCUT2D eigenvalue weighted by Crippen LogP contribution is -2.37. The van der Waals surface area contributed by atoms with E-state index in [1.165, 1.54) is 24.3 Å². The minimum absolute atomic E-state index is 0.0782. The van der Waals surface area contributed by atoms with Crippen molar-refractivity contribution >= 4 is 33.2 Å². The first-order valence-electron chi connectivity index (χ1n) is 10.5. The van der Waals surface area contributed by atoms with Crippen molar-refractivity contribution < 1.29 is 39.6 Å². The number of nitrogens with one attached hydrogen (secondary N) is 1. The number of hydrogen-bond donors (Lipinski definition) is 1. The van der Waals surface area contributed by atoms with Gasteiger partial charge in [0.05, 0.1) is 22.6 Å². The first-order valence-corrected chi connectivity index (χ1v) is 12.3. The minimum Gasteiger partial charge on any atom is -0.325 e. The van der Waals surface area contributed by atoms with E-state index in [1.807, 2.05) is 5.32 Å². The summed E-state index contributed by atoms with van der Waals surface area (Å²) >= 11 is 5.82. The smallest absolute Gasteiger partial charge is 0.325 e. The Morgan fingerprint density at radius 3 is 1.95 bits per heavy atom. The molecule has 0 aliphatic rings. The molecule has 0 saturated heterocycles. The molecule has 37 heavy (non-hydrogen) atoms. The molecule has 0 fully saturated rings. The van der Waals surface area contributed by atoms with Crippen LogP contribution in [0, 0.1) is 6.92 Å². The summed E-state index contributed by atoms with van der Waals surface area (Å²) in [6.45, 7) is 0.530. The third kappa shape index (κ3) is 7.24. The minimum atomic E-state index is -5.12. The van der Waals surface area contributed by atoms with Gasteiger partial charge in [-0.05, 0) is 60.5 Å². The molecule has 0 atom stereocenters. The Hall–Kier alpha value is -3.09. The summed E-state index contributed by atoms with van der Waals surface area (Å²) in [7, 11) is -4.33. The molecule has 1 N–H and O–H groups in total. The number of benzene rings is 3. The van der Waals surface area contributed by atoms with E-state index in [-0.39, 0.29) is 22.5 Å². The van der Waals surface area contributed by atoms with Gasteiger partial charge in [0.1, 0.15) is 0 Å². The van der Waals surface area contributed by atoms with Gasteiger partial charge in [0, 0.05) is 17.3 Å². The van der Waals surface area contributed by atoms with Gasteiger partial charge < -0.3 is 5.32 Å². The van der Waals surface area contributed by atoms with Crippen molar-refractivity contribution in [1.29, 1.82) is 0 Å². The average Bonchev–Trinajstić information content (AvgIpc) is 2.79. The number of rotatable bonds is 7. The van der Waals surface area contributed by atoms with Crippen LogP contribution >= 0.6 is 11.6 Å². The Kier molecular flexibility index (Phi) is 8.25. The predicted molar refractivity (Wildman–Crippen MR) is 125 cm³/mol. The van der Waals surface area contributed by atoms with Crippen LogP contribution in [0.1, 0.15) is 22.3 Å². The van der Waals surface area contributed by atoms with Crippen LogP contribution in [0.4, 0.5) is 32.0 Å². The zero-order chi connectivity index (χ0) is 27.6. The van der Waals surface area contributed by atoms with Gasteiger partial charge in [-0.3, -0.25) is 4.79 Å². The molecule has 3 aromatic carbocycles. The second-order valence-corrected chi connectivity index (χ2v) is 10.4. The van der Waals surface area contributed by atoms with Crippen LogP contribution < -0.4 is 5.32 Å². The van der Waals surface area contributed by atoms with E-state index in [0.29, 0.717) is 23.3 Å². The molecule has 0 bridgehead atoms. The largest absolute Gasteiger partial charge is 0.416 e. The van der Waals surface area contributed by atoms with Crippen LogP contribution in [0.15, 0.2) is 71.6 Å². The molecule has 0 radical (unpaired) electrons. The van der Waals surface area contributed by atoms with Crippen LogP contribution in [-0.2, 0) is 33.7 Å². The molecule has 0 heterocycles. The maximum absolute atomic E-state index is 13.3. The van der Waals surface area contributed by atoms with Gasteiger partial charge >= 0.3 is 12.4 Å². The molecule has 0 spiro atoms. The molecule has 198 valence electrons. The fourth-order valence-electron chi connectivity index (χ4n) is 3.35. The van der Waals surface area contributed by atoms with E-state index in [4.69, 9.17) is 11.6 Å². The number of carbonyl (C=O) groups is 1. The van der Waals surface area contributed by atoms with Crippen molar-refractivity contribution in [2.75, 3.05) is 11.9 Å². The van der Waals surface area contributed by atoms with Gasteiger partial charge in [0.2, 0.25) is 15.9 Å². The third-order valence-electron chi connectivity index (χ3n) is 5.25. The normalized spacial score (nSPS) is 12.6. The standard InChI is InChI=1S/C24H19ClF6N2O3S/c1-15-4-2-3-5-16(15)13-33(37(35,36)21-8-6-19(25)7-9-21)14-22(34)32-20-11-17(23(26,27)28)10-18(12-20)24(29,30)31/h2-12H,13-14H2,1H3,(H,32,34). The van der Waals surface area contributed by atoms with Crippen LogP contribution in [0.3, 0.4) is 0 Å². The lowest BCUT2D eigenvalue weighted by atomic mass is 10.1. The van der Waals surface area contributed by atoms with Crippen molar-refractivity contribution in [3.8, 4) is 0 Å². The van der Waals surface area contributed by atoms with E-state index in [2.05, 4.69) is 0 Å². The summed E-state index contributed by atoms with van der Waals surface area (Å²) in [5.41, 5.74) is -2.79. The highest BCUT2D eigenvalue weighted by Gasteiger charge is 2.37. The first-order chi connectivity index (χ1) is 17.1. The zero-order valence-corrected chi connectivity index (χ0v) is 20.6. The molecular formula is C24H19ClF6N2O3S. The summed E-state index contributed by atoms with van der Waals surface area (Å²) < 4.78 is 106. The van der Waals surface area contributed by atoms with E-state index in [9.17, 15) is 39.6 Å². The quantitative estimate of drug-likeness (QED) is 0.333. The molecule has 5 nitrogen and oxygen atoms in total. The van der Waals surface area contributed by atoms with E-state index in [1.54, 1.807) is 31.2 Å². The fraction of sp³-hybridized carbons (Fsp3) is 0.208. The molecule has 0 aromatic heterocycles. The number of amides is 1. The van der Waals surface area contributed by atoms with Gasteiger partial charge in [-0.2, -0.15) is 30.6 Å². The third-order valence-corrected chi connectivity index (χ3v) is 7.31. The topological polar surface area (TPSA) is 66.5 Å². The van der Waals surface area contributed by atoms with E-state index >= 15 is 0 Å². The summed E-state index contributed by atoms with van der Waals surface area (Å²) in [6, 6.07) is 12.4. The molecule has 0 saturated carbocycles. The van der Waals surface area contributed by atoms with Crippen molar-refractivity contribution in [3.63, 3.8) is 0 Å². The van der Waals surface area contributed by atoms with Gasteiger partial charge in [0.15, 0.2) is 0 Å². The number of anilines is 1. The first kappa shape index (κ1) is 28.5. The Labute approximate surface area is 213 Å². The van der Waals surface area contributed by atoms with Crippen LogP contribution in [-0.4, -0.2) is 25.2 Å². The Balaban J connectivity index is 1.96. The number of hydrogen-bond acceptors (Lipinski definition) is 3. The molecular weight excluding hydrogens is 546 g/mol. The zero-order valence-electron chi connectivity index (χ0n) is 19.0. The Bertz CT molecular complexity index is 1360. The highest BCUT2D eigenvalue weighted by Crippen LogP contribution is 2.37. The number of halogens is 7. The van der Waals surface area contributed by atoms with Gasteiger partial charge in [0.25, 0.3) is 0 Å². The van der Waals surface area contributed by atoms with Gasteiger partial charge in [-0.1, -0.05) is 35.9 Å². The maximum atomic E-state index is 13.3. The Morgan fingerprint density at radius 1 is 0.892 bits per heavy atom. The van der Waals surface area contributed by atoms with Crippen molar-refractivity contribution in [1.82, 2.24) is 4.31 Å². The molecule has 0 aliphatic heterocycles. The predicted octanol–water partition coefficient (Wildman–Crippen LogP) is 6.52.